The summed E-state index contributed by atoms with van der Waals surface area (Å²) in [6, 6.07) is 9.60. The third kappa shape index (κ3) is 2.98. The zero-order valence-electron chi connectivity index (χ0n) is 12.9. The molecule has 6 nitrogen and oxygen atoms in total. The van der Waals surface area contributed by atoms with Gasteiger partial charge in [-0.05, 0) is 30.3 Å². The van der Waals surface area contributed by atoms with Crippen LogP contribution in [0.2, 0.25) is 5.02 Å². The van der Waals surface area contributed by atoms with Gasteiger partial charge in [-0.15, -0.1) is 0 Å². The van der Waals surface area contributed by atoms with E-state index in [0.717, 1.165) is 0 Å². The maximum absolute atomic E-state index is 13.3. The second kappa shape index (κ2) is 6.25. The third-order valence-corrected chi connectivity index (χ3v) is 4.31. The first-order valence-corrected chi connectivity index (χ1v) is 8.00. The molecule has 126 valence electrons. The summed E-state index contributed by atoms with van der Waals surface area (Å²) in [5, 5.41) is 3.91. The van der Waals surface area contributed by atoms with Crippen LogP contribution >= 0.6 is 11.6 Å². The number of carbonyl (C=O) groups excluding carboxylic acids is 1. The van der Waals surface area contributed by atoms with E-state index < -0.39 is 5.82 Å². The van der Waals surface area contributed by atoms with E-state index in [4.69, 9.17) is 16.1 Å². The third-order valence-electron chi connectivity index (χ3n) is 4.02. The Morgan fingerprint density at radius 3 is 2.92 bits per heavy atom. The van der Waals surface area contributed by atoms with Crippen molar-refractivity contribution in [2.75, 3.05) is 11.4 Å². The van der Waals surface area contributed by atoms with Crippen LogP contribution < -0.4 is 4.90 Å². The molecule has 1 saturated heterocycles. The van der Waals surface area contributed by atoms with E-state index >= 15 is 0 Å². The normalized spacial score (nSPS) is 17.3. The smallest absolute Gasteiger partial charge is 0.232 e. The van der Waals surface area contributed by atoms with Crippen molar-refractivity contribution >= 4 is 23.2 Å². The summed E-state index contributed by atoms with van der Waals surface area (Å²) in [5.41, 5.74) is 1.15. The lowest BCUT2D eigenvalue weighted by Gasteiger charge is -2.16. The molecule has 0 N–H and O–H groups in total. The van der Waals surface area contributed by atoms with Gasteiger partial charge in [0.1, 0.15) is 11.5 Å². The van der Waals surface area contributed by atoms with Crippen molar-refractivity contribution in [2.45, 2.75) is 12.3 Å². The maximum atomic E-state index is 13.3. The molecular weight excluding hydrogens is 347 g/mol. The molecule has 1 atom stereocenters. The number of benzene rings is 1. The Balaban J connectivity index is 1.56. The van der Waals surface area contributed by atoms with Crippen molar-refractivity contribution in [1.29, 1.82) is 0 Å². The molecule has 4 rings (SSSR count). The van der Waals surface area contributed by atoms with Crippen LogP contribution in [0.3, 0.4) is 0 Å². The largest absolute Gasteiger partial charge is 0.339 e. The molecule has 3 aromatic rings. The fourth-order valence-electron chi connectivity index (χ4n) is 2.78. The molecule has 3 heterocycles. The second-order valence-electron chi connectivity index (χ2n) is 5.68. The summed E-state index contributed by atoms with van der Waals surface area (Å²) in [4.78, 5) is 22.4. The highest BCUT2D eigenvalue weighted by molar-refractivity contribution is 6.31. The van der Waals surface area contributed by atoms with E-state index in [1.165, 1.54) is 18.2 Å². The second-order valence-corrected chi connectivity index (χ2v) is 6.08. The minimum absolute atomic E-state index is 0.0241. The van der Waals surface area contributed by atoms with Gasteiger partial charge in [-0.2, -0.15) is 4.98 Å². The minimum Gasteiger partial charge on any atom is -0.339 e. The molecule has 25 heavy (non-hydrogen) atoms. The van der Waals surface area contributed by atoms with Crippen LogP contribution in [0.5, 0.6) is 0 Å². The lowest BCUT2D eigenvalue weighted by molar-refractivity contribution is -0.117. The molecule has 0 aliphatic carbocycles. The van der Waals surface area contributed by atoms with Crippen LogP contribution in [0, 0.1) is 5.82 Å². The number of hydrogen-bond donors (Lipinski definition) is 0. The Bertz CT molecular complexity index is 931. The first-order valence-electron chi connectivity index (χ1n) is 7.62. The fraction of sp³-hybridized carbons (Fsp3) is 0.176. The molecule has 1 unspecified atom stereocenters. The van der Waals surface area contributed by atoms with Gasteiger partial charge in [-0.25, -0.2) is 4.39 Å². The van der Waals surface area contributed by atoms with Crippen LogP contribution in [-0.2, 0) is 4.79 Å². The summed E-state index contributed by atoms with van der Waals surface area (Å²) >= 11 is 5.80. The molecule has 8 heteroatoms. The Labute approximate surface area is 147 Å². The van der Waals surface area contributed by atoms with Crippen molar-refractivity contribution < 1.29 is 13.7 Å². The van der Waals surface area contributed by atoms with Crippen molar-refractivity contribution in [3.05, 3.63) is 59.3 Å². The van der Waals surface area contributed by atoms with Gasteiger partial charge in [0.05, 0.1) is 10.9 Å². The van der Waals surface area contributed by atoms with Crippen LogP contribution in [0.25, 0.3) is 11.5 Å². The molecule has 1 aromatic carbocycles. The number of hydrogen-bond acceptors (Lipinski definition) is 5. The predicted octanol–water partition coefficient (Wildman–Crippen LogP) is 3.44. The van der Waals surface area contributed by atoms with Gasteiger partial charge in [0.2, 0.25) is 17.6 Å². The highest BCUT2D eigenvalue weighted by Crippen LogP contribution is 2.33. The van der Waals surface area contributed by atoms with Gasteiger partial charge in [-0.3, -0.25) is 9.78 Å². The number of amides is 1. The fourth-order valence-corrected chi connectivity index (χ4v) is 2.95. The molecule has 1 aliphatic rings. The molecule has 0 radical (unpaired) electrons. The number of aromatic nitrogens is 3. The van der Waals surface area contributed by atoms with Gasteiger partial charge < -0.3 is 9.42 Å². The SMILES string of the molecule is O=C1CC(c2nc(-c3ccccn3)no2)CN1c1ccc(F)c(Cl)c1. The Kier molecular flexibility index (Phi) is 3.93. The van der Waals surface area contributed by atoms with Crippen LogP contribution in [-0.4, -0.2) is 27.6 Å². The molecule has 1 aliphatic heterocycles. The van der Waals surface area contributed by atoms with Gasteiger partial charge in [0.25, 0.3) is 0 Å². The van der Waals surface area contributed by atoms with Crippen molar-refractivity contribution in [1.82, 2.24) is 15.1 Å². The monoisotopic (exact) mass is 358 g/mol. The summed E-state index contributed by atoms with van der Waals surface area (Å²) in [7, 11) is 0. The summed E-state index contributed by atoms with van der Waals surface area (Å²) in [6.45, 7) is 0.366. The van der Waals surface area contributed by atoms with Crippen LogP contribution in [0.1, 0.15) is 18.2 Å². The van der Waals surface area contributed by atoms with E-state index in [0.29, 0.717) is 29.6 Å². The van der Waals surface area contributed by atoms with E-state index in [1.807, 2.05) is 6.07 Å². The molecule has 0 bridgehead atoms. The van der Waals surface area contributed by atoms with E-state index in [9.17, 15) is 9.18 Å². The topological polar surface area (TPSA) is 72.1 Å². The highest BCUT2D eigenvalue weighted by atomic mass is 35.5. The average Bonchev–Trinajstić information content (AvgIpc) is 3.25. The number of nitrogens with zero attached hydrogens (tertiary/aromatic N) is 4. The lowest BCUT2D eigenvalue weighted by Crippen LogP contribution is -2.24. The van der Waals surface area contributed by atoms with E-state index in [-0.39, 0.29) is 23.3 Å². The highest BCUT2D eigenvalue weighted by Gasteiger charge is 2.35. The average molecular weight is 359 g/mol. The van der Waals surface area contributed by atoms with Crippen molar-refractivity contribution in [3.8, 4) is 11.5 Å². The van der Waals surface area contributed by atoms with Gasteiger partial charge in [-0.1, -0.05) is 22.8 Å². The van der Waals surface area contributed by atoms with Gasteiger partial charge in [0, 0.05) is 24.8 Å². The van der Waals surface area contributed by atoms with E-state index in [2.05, 4.69) is 15.1 Å². The number of anilines is 1. The molecule has 1 amide bonds. The van der Waals surface area contributed by atoms with Gasteiger partial charge in [0.15, 0.2) is 0 Å². The van der Waals surface area contributed by atoms with Crippen LogP contribution in [0.15, 0.2) is 47.1 Å². The Morgan fingerprint density at radius 2 is 2.16 bits per heavy atom. The summed E-state index contributed by atoms with van der Waals surface area (Å²) in [6.07, 6.45) is 1.88. The zero-order chi connectivity index (χ0) is 17.4. The van der Waals surface area contributed by atoms with Crippen molar-refractivity contribution in [2.24, 2.45) is 0 Å². The molecule has 1 fully saturated rings. The first kappa shape index (κ1) is 15.7. The zero-order valence-corrected chi connectivity index (χ0v) is 13.7. The number of rotatable bonds is 3. The number of halogens is 2. The van der Waals surface area contributed by atoms with Crippen molar-refractivity contribution in [3.63, 3.8) is 0 Å². The predicted molar refractivity (Wildman–Crippen MR) is 88.7 cm³/mol. The molecule has 2 aromatic heterocycles. The van der Waals surface area contributed by atoms with Gasteiger partial charge >= 0.3 is 0 Å². The quantitative estimate of drug-likeness (QED) is 0.717. The summed E-state index contributed by atoms with van der Waals surface area (Å²) in [5.74, 6) is -0.104. The van der Waals surface area contributed by atoms with E-state index in [1.54, 1.807) is 23.2 Å². The minimum atomic E-state index is -0.523. The van der Waals surface area contributed by atoms with Crippen LogP contribution in [0.4, 0.5) is 10.1 Å². The Morgan fingerprint density at radius 1 is 1.28 bits per heavy atom. The lowest BCUT2D eigenvalue weighted by atomic mass is 10.1. The molecular formula is C17H12ClFN4O2. The number of pyridine rings is 1. The maximum Gasteiger partial charge on any atom is 0.232 e. The Hall–Kier alpha value is -2.80. The molecule has 0 saturated carbocycles. The number of carbonyl (C=O) groups is 1. The standard InChI is InChI=1S/C17H12ClFN4O2/c18-12-8-11(4-5-13(12)19)23-9-10(7-15(23)24)17-21-16(22-25-17)14-3-1-2-6-20-14/h1-6,8,10H,7,9H2. The molecule has 0 spiro atoms. The summed E-state index contributed by atoms with van der Waals surface area (Å²) < 4.78 is 18.6. The first-order chi connectivity index (χ1) is 12.1.